The third-order valence-corrected chi connectivity index (χ3v) is 4.71. The zero-order valence-corrected chi connectivity index (χ0v) is 13.4. The van der Waals surface area contributed by atoms with E-state index in [0.29, 0.717) is 6.54 Å². The lowest BCUT2D eigenvalue weighted by atomic mass is 10.1. The molecule has 1 atom stereocenters. The van der Waals surface area contributed by atoms with E-state index >= 15 is 0 Å². The Hall–Kier alpha value is -1.43. The summed E-state index contributed by atoms with van der Waals surface area (Å²) in [5.74, 6) is 0.110. The molecule has 3 rings (SSSR count). The Morgan fingerprint density at radius 3 is 2.41 bits per heavy atom. The number of amides is 1. The Bertz CT molecular complexity index is 508. The van der Waals surface area contributed by atoms with Crippen molar-refractivity contribution in [1.82, 2.24) is 14.7 Å². The van der Waals surface area contributed by atoms with Crippen LogP contribution in [0.5, 0.6) is 0 Å². The maximum absolute atomic E-state index is 12.4. The molecule has 1 aromatic rings. The van der Waals surface area contributed by atoms with Gasteiger partial charge in [-0.05, 0) is 31.2 Å². The molecule has 5 heteroatoms. The minimum Gasteiger partial charge on any atom is -0.337 e. The number of likely N-dealkylation sites (tertiary alicyclic amines) is 1. The average Bonchev–Trinajstić information content (AvgIpc) is 2.96. The minimum absolute atomic E-state index is 0.110. The first kappa shape index (κ1) is 15.5. The highest BCUT2D eigenvalue weighted by atomic mass is 16.2. The first-order chi connectivity index (χ1) is 10.6. The molecule has 2 aliphatic rings. The summed E-state index contributed by atoms with van der Waals surface area (Å²) in [4.78, 5) is 19.1. The van der Waals surface area contributed by atoms with E-state index in [-0.39, 0.29) is 11.9 Å². The summed E-state index contributed by atoms with van der Waals surface area (Å²) in [5.41, 5.74) is 7.93. The molecule has 2 fully saturated rings. The molecule has 2 saturated heterocycles. The fourth-order valence-electron chi connectivity index (χ4n) is 3.17. The molecule has 22 heavy (non-hydrogen) atoms. The molecule has 2 heterocycles. The molecule has 1 amide bonds. The molecule has 2 N–H and O–H groups in total. The molecule has 0 spiro atoms. The summed E-state index contributed by atoms with van der Waals surface area (Å²) in [5, 5.41) is 0. The first-order valence-electron chi connectivity index (χ1n) is 8.16. The van der Waals surface area contributed by atoms with Crippen molar-refractivity contribution in [2.75, 3.05) is 46.3 Å². The molecule has 0 bridgehead atoms. The summed E-state index contributed by atoms with van der Waals surface area (Å²) in [6.07, 6.45) is 0.910. The molecule has 0 unspecified atom stereocenters. The van der Waals surface area contributed by atoms with Gasteiger partial charge in [-0.25, -0.2) is 0 Å². The lowest BCUT2D eigenvalue weighted by Gasteiger charge is -2.32. The summed E-state index contributed by atoms with van der Waals surface area (Å²) in [7, 11) is 2.17. The second-order valence-electron chi connectivity index (χ2n) is 6.58. The van der Waals surface area contributed by atoms with Crippen LogP contribution in [0.2, 0.25) is 0 Å². The fourth-order valence-corrected chi connectivity index (χ4v) is 3.17. The third kappa shape index (κ3) is 3.66. The summed E-state index contributed by atoms with van der Waals surface area (Å²) in [6.45, 7) is 6.92. The highest BCUT2D eigenvalue weighted by Crippen LogP contribution is 2.14. The van der Waals surface area contributed by atoms with E-state index in [4.69, 9.17) is 5.73 Å². The quantitative estimate of drug-likeness (QED) is 0.889. The largest absolute Gasteiger partial charge is 0.337 e. The van der Waals surface area contributed by atoms with Crippen LogP contribution in [0.15, 0.2) is 24.3 Å². The van der Waals surface area contributed by atoms with Crippen molar-refractivity contribution in [3.8, 4) is 0 Å². The van der Waals surface area contributed by atoms with Crippen molar-refractivity contribution in [3.63, 3.8) is 0 Å². The first-order valence-corrected chi connectivity index (χ1v) is 8.16. The maximum Gasteiger partial charge on any atom is 0.253 e. The Balaban J connectivity index is 1.57. The van der Waals surface area contributed by atoms with E-state index in [1.807, 2.05) is 17.0 Å². The molecule has 1 aromatic carbocycles. The van der Waals surface area contributed by atoms with Crippen LogP contribution in [-0.2, 0) is 6.54 Å². The van der Waals surface area contributed by atoms with Gasteiger partial charge in [0.25, 0.3) is 5.91 Å². The van der Waals surface area contributed by atoms with Gasteiger partial charge in [0.2, 0.25) is 0 Å². The molecule has 0 saturated carbocycles. The van der Waals surface area contributed by atoms with E-state index in [1.54, 1.807) is 0 Å². The summed E-state index contributed by atoms with van der Waals surface area (Å²) >= 11 is 0. The lowest BCUT2D eigenvalue weighted by Crippen LogP contribution is -2.43. The van der Waals surface area contributed by atoms with Crippen LogP contribution in [0, 0.1) is 0 Å². The van der Waals surface area contributed by atoms with Gasteiger partial charge in [0.1, 0.15) is 0 Å². The van der Waals surface area contributed by atoms with Gasteiger partial charge in [-0.3, -0.25) is 9.69 Å². The second kappa shape index (κ2) is 6.77. The predicted octanol–water partition coefficient (Wildman–Crippen LogP) is 0.607. The van der Waals surface area contributed by atoms with Crippen LogP contribution >= 0.6 is 0 Å². The number of hydrogen-bond acceptors (Lipinski definition) is 4. The molecule has 120 valence electrons. The zero-order valence-electron chi connectivity index (χ0n) is 13.4. The molecule has 0 aromatic heterocycles. The maximum atomic E-state index is 12.4. The number of benzene rings is 1. The van der Waals surface area contributed by atoms with Crippen LogP contribution in [0.1, 0.15) is 22.3 Å². The predicted molar refractivity (Wildman–Crippen MR) is 87.7 cm³/mol. The van der Waals surface area contributed by atoms with Crippen LogP contribution < -0.4 is 5.73 Å². The van der Waals surface area contributed by atoms with E-state index in [9.17, 15) is 4.79 Å². The van der Waals surface area contributed by atoms with Crippen LogP contribution in [0.4, 0.5) is 0 Å². The van der Waals surface area contributed by atoms with E-state index in [0.717, 1.165) is 51.3 Å². The number of likely N-dealkylation sites (N-methyl/N-ethyl adjacent to an activating group) is 1. The topological polar surface area (TPSA) is 52.8 Å². The average molecular weight is 302 g/mol. The van der Waals surface area contributed by atoms with Gasteiger partial charge < -0.3 is 15.5 Å². The van der Waals surface area contributed by atoms with Crippen molar-refractivity contribution >= 4 is 5.91 Å². The van der Waals surface area contributed by atoms with Gasteiger partial charge in [0.15, 0.2) is 0 Å². The minimum atomic E-state index is 0.110. The molecular formula is C17H26N4O. The standard InChI is InChI=1S/C17H26N4O/c1-19-8-10-20(11-9-19)12-14-2-4-15(5-3-14)17(22)21-7-6-16(18)13-21/h2-5,16H,6-13,18H2,1H3/t16-/m1/s1. The number of carbonyl (C=O) groups excluding carboxylic acids is 1. The van der Waals surface area contributed by atoms with Crippen LogP contribution in [0.25, 0.3) is 0 Å². The van der Waals surface area contributed by atoms with Gasteiger partial charge in [0.05, 0.1) is 0 Å². The Morgan fingerprint density at radius 1 is 1.14 bits per heavy atom. The van der Waals surface area contributed by atoms with Gasteiger partial charge >= 0.3 is 0 Å². The van der Waals surface area contributed by atoms with Crippen molar-refractivity contribution in [1.29, 1.82) is 0 Å². The van der Waals surface area contributed by atoms with Crippen LogP contribution in [0.3, 0.4) is 0 Å². The number of nitrogens with two attached hydrogens (primary N) is 1. The molecule has 2 aliphatic heterocycles. The van der Waals surface area contributed by atoms with Gasteiger partial charge in [-0.1, -0.05) is 12.1 Å². The molecule has 0 radical (unpaired) electrons. The summed E-state index contributed by atoms with van der Waals surface area (Å²) < 4.78 is 0. The third-order valence-electron chi connectivity index (χ3n) is 4.71. The Kier molecular flexibility index (Phi) is 4.76. The number of nitrogens with zero attached hydrogens (tertiary/aromatic N) is 3. The van der Waals surface area contributed by atoms with Crippen molar-refractivity contribution in [2.45, 2.75) is 19.0 Å². The highest BCUT2D eigenvalue weighted by Gasteiger charge is 2.24. The van der Waals surface area contributed by atoms with Gasteiger partial charge in [-0.2, -0.15) is 0 Å². The fraction of sp³-hybridized carbons (Fsp3) is 0.588. The molecule has 5 nitrogen and oxygen atoms in total. The van der Waals surface area contributed by atoms with Gasteiger partial charge in [0, 0.05) is 57.4 Å². The van der Waals surface area contributed by atoms with Crippen molar-refractivity contribution < 1.29 is 4.79 Å². The SMILES string of the molecule is CN1CCN(Cc2ccc(C(=O)N3CC[C@@H](N)C3)cc2)CC1. The van der Waals surface area contributed by atoms with Crippen molar-refractivity contribution in [3.05, 3.63) is 35.4 Å². The monoisotopic (exact) mass is 302 g/mol. The number of carbonyl (C=O) groups is 1. The normalized spacial score (nSPS) is 23.9. The smallest absolute Gasteiger partial charge is 0.253 e. The number of hydrogen-bond donors (Lipinski definition) is 1. The van der Waals surface area contributed by atoms with Crippen molar-refractivity contribution in [2.24, 2.45) is 5.73 Å². The van der Waals surface area contributed by atoms with Crippen LogP contribution in [-0.4, -0.2) is 73.0 Å². The van der Waals surface area contributed by atoms with Gasteiger partial charge in [-0.15, -0.1) is 0 Å². The Labute approximate surface area is 132 Å². The Morgan fingerprint density at radius 2 is 1.82 bits per heavy atom. The number of piperazine rings is 1. The van der Waals surface area contributed by atoms with E-state index in [1.165, 1.54) is 5.56 Å². The molecule has 0 aliphatic carbocycles. The second-order valence-corrected chi connectivity index (χ2v) is 6.58. The zero-order chi connectivity index (χ0) is 15.5. The molecular weight excluding hydrogens is 276 g/mol. The number of rotatable bonds is 3. The summed E-state index contributed by atoms with van der Waals surface area (Å²) in [6, 6.07) is 8.22. The highest BCUT2D eigenvalue weighted by molar-refractivity contribution is 5.94. The van der Waals surface area contributed by atoms with E-state index in [2.05, 4.69) is 29.0 Å². The van der Waals surface area contributed by atoms with E-state index < -0.39 is 0 Å². The lowest BCUT2D eigenvalue weighted by molar-refractivity contribution is 0.0791.